The van der Waals surface area contributed by atoms with Crippen molar-refractivity contribution in [1.82, 2.24) is 19.7 Å². The molecule has 1 N–H and O–H groups in total. The topological polar surface area (TPSA) is 72.7 Å². The number of thioether (sulfide) groups is 1. The first kappa shape index (κ1) is 19.1. The van der Waals surface area contributed by atoms with E-state index < -0.39 is 0 Å². The molecule has 0 bridgehead atoms. The van der Waals surface area contributed by atoms with Gasteiger partial charge in [0, 0.05) is 30.2 Å². The molecule has 1 aromatic carbocycles. The van der Waals surface area contributed by atoms with Gasteiger partial charge in [-0.05, 0) is 44.0 Å². The van der Waals surface area contributed by atoms with Crippen molar-refractivity contribution in [1.29, 1.82) is 0 Å². The molecule has 6 nitrogen and oxygen atoms in total. The molecule has 7 heteroatoms. The molecule has 3 aromatic rings. The highest BCUT2D eigenvalue weighted by molar-refractivity contribution is 8.00. The van der Waals surface area contributed by atoms with Gasteiger partial charge in [0.05, 0.1) is 5.25 Å². The van der Waals surface area contributed by atoms with Gasteiger partial charge in [-0.15, -0.1) is 10.2 Å². The van der Waals surface area contributed by atoms with Crippen LogP contribution in [0.15, 0.2) is 53.9 Å². The van der Waals surface area contributed by atoms with Crippen LogP contribution in [0.25, 0.3) is 11.4 Å². The van der Waals surface area contributed by atoms with Gasteiger partial charge in [-0.1, -0.05) is 36.9 Å². The molecule has 0 aliphatic carbocycles. The minimum absolute atomic E-state index is 0.0502. The standard InChI is InChI=1S/C20H23N5OS/c1-4-13-25-18(16-9-11-21-12-10-16)23-24-20(25)27-15(3)19(26)22-17-8-6-5-7-14(17)2/h5-12,15H,4,13H2,1-3H3,(H,22,26). The number of carbonyl (C=O) groups excluding carboxylic acids is 1. The van der Waals surface area contributed by atoms with Crippen molar-refractivity contribution in [3.63, 3.8) is 0 Å². The number of amides is 1. The van der Waals surface area contributed by atoms with Gasteiger partial charge in [0.1, 0.15) is 0 Å². The Morgan fingerprint density at radius 3 is 2.63 bits per heavy atom. The maximum atomic E-state index is 12.6. The molecular weight excluding hydrogens is 358 g/mol. The summed E-state index contributed by atoms with van der Waals surface area (Å²) in [5.74, 6) is 0.749. The van der Waals surface area contributed by atoms with Crippen molar-refractivity contribution >= 4 is 23.4 Å². The van der Waals surface area contributed by atoms with E-state index in [2.05, 4.69) is 32.0 Å². The van der Waals surface area contributed by atoms with Gasteiger partial charge in [-0.3, -0.25) is 9.78 Å². The third kappa shape index (κ3) is 4.54. The summed E-state index contributed by atoms with van der Waals surface area (Å²) in [5, 5.41) is 12.1. The summed E-state index contributed by atoms with van der Waals surface area (Å²) in [6.45, 7) is 6.76. The molecule has 1 unspecified atom stereocenters. The minimum atomic E-state index is -0.297. The fourth-order valence-corrected chi connectivity index (χ4v) is 3.55. The molecule has 3 rings (SSSR count). The maximum absolute atomic E-state index is 12.6. The van der Waals surface area contributed by atoms with Gasteiger partial charge in [0.15, 0.2) is 11.0 Å². The molecular formula is C20H23N5OS. The van der Waals surface area contributed by atoms with E-state index in [-0.39, 0.29) is 11.2 Å². The van der Waals surface area contributed by atoms with E-state index >= 15 is 0 Å². The van der Waals surface area contributed by atoms with Crippen LogP contribution in [0.2, 0.25) is 0 Å². The summed E-state index contributed by atoms with van der Waals surface area (Å²) >= 11 is 1.42. The molecule has 0 fully saturated rings. The van der Waals surface area contributed by atoms with Crippen molar-refractivity contribution in [2.24, 2.45) is 0 Å². The van der Waals surface area contributed by atoms with Crippen LogP contribution >= 0.6 is 11.8 Å². The van der Waals surface area contributed by atoms with E-state index in [0.717, 1.165) is 40.8 Å². The van der Waals surface area contributed by atoms with Crippen LogP contribution in [0.1, 0.15) is 25.8 Å². The Morgan fingerprint density at radius 2 is 1.93 bits per heavy atom. The predicted molar refractivity (Wildman–Crippen MR) is 109 cm³/mol. The van der Waals surface area contributed by atoms with Crippen molar-refractivity contribution in [3.05, 3.63) is 54.4 Å². The lowest BCUT2D eigenvalue weighted by Crippen LogP contribution is -2.23. The Kier molecular flexibility index (Phi) is 6.24. The van der Waals surface area contributed by atoms with Crippen LogP contribution in [-0.4, -0.2) is 30.9 Å². The fraction of sp³-hybridized carbons (Fsp3) is 0.300. The summed E-state index contributed by atoms with van der Waals surface area (Å²) in [6, 6.07) is 11.6. The van der Waals surface area contributed by atoms with E-state index in [9.17, 15) is 4.79 Å². The van der Waals surface area contributed by atoms with Gasteiger partial charge in [0.25, 0.3) is 0 Å². The zero-order valence-corrected chi connectivity index (χ0v) is 16.5. The van der Waals surface area contributed by atoms with Crippen LogP contribution in [-0.2, 0) is 11.3 Å². The zero-order chi connectivity index (χ0) is 19.2. The lowest BCUT2D eigenvalue weighted by atomic mass is 10.2. The largest absolute Gasteiger partial charge is 0.325 e. The number of para-hydroxylation sites is 1. The highest BCUT2D eigenvalue weighted by Gasteiger charge is 2.21. The summed E-state index contributed by atoms with van der Waals surface area (Å²) in [7, 11) is 0. The Morgan fingerprint density at radius 1 is 1.19 bits per heavy atom. The average molecular weight is 382 g/mol. The molecule has 27 heavy (non-hydrogen) atoms. The number of nitrogens with zero attached hydrogens (tertiary/aromatic N) is 4. The number of nitrogens with one attached hydrogen (secondary N) is 1. The van der Waals surface area contributed by atoms with Gasteiger partial charge in [-0.2, -0.15) is 0 Å². The molecule has 0 radical (unpaired) electrons. The summed E-state index contributed by atoms with van der Waals surface area (Å²) in [4.78, 5) is 16.7. The second kappa shape index (κ2) is 8.81. The molecule has 140 valence electrons. The number of rotatable bonds is 7. The SMILES string of the molecule is CCCn1c(SC(C)C(=O)Nc2ccccc2C)nnc1-c1ccncc1. The van der Waals surface area contributed by atoms with E-state index in [4.69, 9.17) is 0 Å². The first-order valence-electron chi connectivity index (χ1n) is 8.97. The van der Waals surface area contributed by atoms with Crippen LogP contribution < -0.4 is 5.32 Å². The number of benzene rings is 1. The van der Waals surface area contributed by atoms with Gasteiger partial charge < -0.3 is 9.88 Å². The smallest absolute Gasteiger partial charge is 0.237 e. The molecule has 2 heterocycles. The van der Waals surface area contributed by atoms with E-state index in [1.807, 2.05) is 50.2 Å². The lowest BCUT2D eigenvalue weighted by molar-refractivity contribution is -0.115. The second-order valence-electron chi connectivity index (χ2n) is 6.26. The number of hydrogen-bond donors (Lipinski definition) is 1. The van der Waals surface area contributed by atoms with Crippen LogP contribution in [0, 0.1) is 6.92 Å². The fourth-order valence-electron chi connectivity index (χ4n) is 2.67. The Balaban J connectivity index is 1.77. The van der Waals surface area contributed by atoms with Crippen LogP contribution in [0.3, 0.4) is 0 Å². The van der Waals surface area contributed by atoms with Gasteiger partial charge in [-0.25, -0.2) is 0 Å². The van der Waals surface area contributed by atoms with Crippen molar-refractivity contribution < 1.29 is 4.79 Å². The molecule has 1 amide bonds. The lowest BCUT2D eigenvalue weighted by Gasteiger charge is -2.14. The first-order valence-corrected chi connectivity index (χ1v) is 9.85. The highest BCUT2D eigenvalue weighted by Crippen LogP contribution is 2.27. The zero-order valence-electron chi connectivity index (χ0n) is 15.7. The third-order valence-corrected chi connectivity index (χ3v) is 5.24. The Hall–Kier alpha value is -2.67. The van der Waals surface area contributed by atoms with Gasteiger partial charge in [0.2, 0.25) is 5.91 Å². The van der Waals surface area contributed by atoms with Gasteiger partial charge >= 0.3 is 0 Å². The number of carbonyl (C=O) groups is 1. The molecule has 0 aliphatic heterocycles. The normalized spacial score (nSPS) is 12.0. The van der Waals surface area contributed by atoms with E-state index in [1.165, 1.54) is 11.8 Å². The molecule has 0 saturated carbocycles. The number of aryl methyl sites for hydroxylation is 1. The van der Waals surface area contributed by atoms with Crippen molar-refractivity contribution in [2.45, 2.75) is 44.1 Å². The van der Waals surface area contributed by atoms with E-state index in [1.54, 1.807) is 12.4 Å². The summed E-state index contributed by atoms with van der Waals surface area (Å²) < 4.78 is 2.07. The number of anilines is 1. The average Bonchev–Trinajstić information content (AvgIpc) is 3.07. The monoisotopic (exact) mass is 381 g/mol. The van der Waals surface area contributed by atoms with Crippen molar-refractivity contribution in [3.8, 4) is 11.4 Å². The highest BCUT2D eigenvalue weighted by atomic mass is 32.2. The Bertz CT molecular complexity index is 910. The molecule has 2 aromatic heterocycles. The molecule has 0 spiro atoms. The second-order valence-corrected chi connectivity index (χ2v) is 7.57. The predicted octanol–water partition coefficient (Wildman–Crippen LogP) is 4.18. The number of pyridine rings is 1. The van der Waals surface area contributed by atoms with Crippen molar-refractivity contribution in [2.75, 3.05) is 5.32 Å². The molecule has 0 saturated heterocycles. The van der Waals surface area contributed by atoms with Crippen LogP contribution in [0.5, 0.6) is 0 Å². The number of hydrogen-bond acceptors (Lipinski definition) is 5. The summed E-state index contributed by atoms with van der Waals surface area (Å²) in [5.41, 5.74) is 2.84. The molecule has 1 atom stereocenters. The molecule has 0 aliphatic rings. The Labute approximate surface area is 163 Å². The quantitative estimate of drug-likeness (QED) is 0.622. The number of aromatic nitrogens is 4. The third-order valence-electron chi connectivity index (χ3n) is 4.16. The minimum Gasteiger partial charge on any atom is -0.325 e. The van der Waals surface area contributed by atoms with Crippen LogP contribution in [0.4, 0.5) is 5.69 Å². The van der Waals surface area contributed by atoms with E-state index in [0.29, 0.717) is 0 Å². The summed E-state index contributed by atoms with van der Waals surface area (Å²) in [6.07, 6.45) is 4.43. The maximum Gasteiger partial charge on any atom is 0.237 e. The first-order chi connectivity index (χ1) is 13.1.